The Morgan fingerprint density at radius 2 is 1.93 bits per heavy atom. The molecule has 0 aromatic heterocycles. The normalized spacial score (nSPS) is 10.6. The van der Waals surface area contributed by atoms with Gasteiger partial charge in [-0.05, 0) is 20.8 Å². The molecule has 0 saturated heterocycles. The van der Waals surface area contributed by atoms with Crippen LogP contribution in [0.5, 0.6) is 0 Å². The molecule has 86 valence electrons. The van der Waals surface area contributed by atoms with E-state index in [9.17, 15) is 14.7 Å². The number of rotatable bonds is 4. The van der Waals surface area contributed by atoms with Crippen molar-refractivity contribution in [2.75, 3.05) is 6.54 Å². The van der Waals surface area contributed by atoms with Crippen LogP contribution in [-0.4, -0.2) is 24.0 Å². The largest absolute Gasteiger partial charge is 0.876 e. The maximum Gasteiger partial charge on any atom is 0.408 e. The number of allylic oxidation sites excluding steroid dienone is 1. The van der Waals surface area contributed by atoms with Crippen LogP contribution in [0.2, 0.25) is 0 Å². The van der Waals surface area contributed by atoms with Crippen molar-refractivity contribution < 1.29 is 19.4 Å². The van der Waals surface area contributed by atoms with E-state index in [-0.39, 0.29) is 18.7 Å². The molecule has 0 atom stereocenters. The second-order valence-corrected chi connectivity index (χ2v) is 4.11. The van der Waals surface area contributed by atoms with E-state index in [1.54, 1.807) is 20.8 Å². The van der Waals surface area contributed by atoms with Gasteiger partial charge in [0.15, 0.2) is 5.78 Å². The van der Waals surface area contributed by atoms with Gasteiger partial charge in [-0.15, -0.1) is 12.3 Å². The van der Waals surface area contributed by atoms with Gasteiger partial charge in [0, 0.05) is 6.42 Å². The van der Waals surface area contributed by atoms with Gasteiger partial charge in [0.05, 0.1) is 6.54 Å². The molecule has 0 unspecified atom stereocenters. The van der Waals surface area contributed by atoms with Gasteiger partial charge in [-0.2, -0.15) is 0 Å². The summed E-state index contributed by atoms with van der Waals surface area (Å²) in [6.45, 7) is 8.00. The summed E-state index contributed by atoms with van der Waals surface area (Å²) in [6, 6.07) is 0. The molecule has 0 radical (unpaired) electrons. The van der Waals surface area contributed by atoms with Crippen LogP contribution in [0, 0.1) is 0 Å². The third-order valence-electron chi connectivity index (χ3n) is 1.22. The highest BCUT2D eigenvalue weighted by Crippen LogP contribution is 2.06. The summed E-state index contributed by atoms with van der Waals surface area (Å²) in [4.78, 5) is 22.1. The van der Waals surface area contributed by atoms with Crippen molar-refractivity contribution in [1.29, 1.82) is 0 Å². The Morgan fingerprint density at radius 3 is 2.33 bits per heavy atom. The lowest BCUT2D eigenvalue weighted by atomic mass is 10.2. The van der Waals surface area contributed by atoms with Crippen LogP contribution in [0.4, 0.5) is 4.79 Å². The third kappa shape index (κ3) is 8.80. The Balaban J connectivity index is 3.82. The van der Waals surface area contributed by atoms with Gasteiger partial charge in [-0.25, -0.2) is 4.79 Å². The summed E-state index contributed by atoms with van der Waals surface area (Å²) in [5.41, 5.74) is -0.602. The quantitative estimate of drug-likeness (QED) is 0.684. The number of alkyl carbamates (subject to hydrolysis) is 1. The smallest absolute Gasteiger partial charge is 0.408 e. The lowest BCUT2D eigenvalue weighted by Crippen LogP contribution is -2.35. The summed E-state index contributed by atoms with van der Waals surface area (Å²) >= 11 is 0. The van der Waals surface area contributed by atoms with Crippen molar-refractivity contribution in [1.82, 2.24) is 5.32 Å². The monoisotopic (exact) mass is 214 g/mol. The van der Waals surface area contributed by atoms with Gasteiger partial charge < -0.3 is 15.2 Å². The van der Waals surface area contributed by atoms with Crippen LogP contribution in [0.15, 0.2) is 12.3 Å². The van der Waals surface area contributed by atoms with E-state index in [1.807, 2.05) is 0 Å². The van der Waals surface area contributed by atoms with Crippen LogP contribution in [0.1, 0.15) is 27.2 Å². The molecular formula is C10H16NO4-. The molecule has 15 heavy (non-hydrogen) atoms. The number of amides is 1. The molecule has 0 heterocycles. The van der Waals surface area contributed by atoms with E-state index in [2.05, 4.69) is 11.9 Å². The Labute approximate surface area is 89.1 Å². The van der Waals surface area contributed by atoms with Crippen molar-refractivity contribution in [3.63, 3.8) is 0 Å². The molecule has 0 aliphatic rings. The van der Waals surface area contributed by atoms with Gasteiger partial charge in [0.25, 0.3) is 0 Å². The number of carbonyl (C=O) groups excluding carboxylic acids is 2. The molecule has 0 fully saturated rings. The van der Waals surface area contributed by atoms with Crippen molar-refractivity contribution in [3.05, 3.63) is 12.3 Å². The zero-order chi connectivity index (χ0) is 12.1. The van der Waals surface area contributed by atoms with E-state index in [0.29, 0.717) is 0 Å². The molecule has 1 amide bonds. The summed E-state index contributed by atoms with van der Waals surface area (Å²) in [7, 11) is 0. The number of nitrogens with one attached hydrogen (secondary N) is 1. The highest BCUT2D eigenvalue weighted by Gasteiger charge is 2.16. The third-order valence-corrected chi connectivity index (χ3v) is 1.22. The van der Waals surface area contributed by atoms with Gasteiger partial charge in [-0.1, -0.05) is 0 Å². The van der Waals surface area contributed by atoms with Gasteiger partial charge in [0.1, 0.15) is 5.60 Å². The second-order valence-electron chi connectivity index (χ2n) is 4.11. The molecule has 0 spiro atoms. The zero-order valence-electron chi connectivity index (χ0n) is 9.25. The predicted octanol–water partition coefficient (Wildman–Crippen LogP) is 0.344. The first-order valence-electron chi connectivity index (χ1n) is 4.54. The van der Waals surface area contributed by atoms with E-state index < -0.39 is 17.5 Å². The van der Waals surface area contributed by atoms with E-state index in [1.165, 1.54) is 0 Å². The van der Waals surface area contributed by atoms with Crippen LogP contribution in [-0.2, 0) is 9.53 Å². The van der Waals surface area contributed by atoms with E-state index in [0.717, 1.165) is 0 Å². The highest BCUT2D eigenvalue weighted by atomic mass is 16.6. The van der Waals surface area contributed by atoms with Crippen molar-refractivity contribution in [2.24, 2.45) is 0 Å². The fraction of sp³-hybridized carbons (Fsp3) is 0.600. The van der Waals surface area contributed by atoms with Crippen LogP contribution in [0.25, 0.3) is 0 Å². The molecule has 1 N–H and O–H groups in total. The molecule has 0 aliphatic heterocycles. The Morgan fingerprint density at radius 1 is 1.40 bits per heavy atom. The molecule has 0 rings (SSSR count). The van der Waals surface area contributed by atoms with Crippen LogP contribution >= 0.6 is 0 Å². The minimum Gasteiger partial charge on any atom is -0.876 e. The predicted molar refractivity (Wildman–Crippen MR) is 53.0 cm³/mol. The van der Waals surface area contributed by atoms with Crippen molar-refractivity contribution >= 4 is 11.9 Å². The highest BCUT2D eigenvalue weighted by molar-refractivity contribution is 5.85. The van der Waals surface area contributed by atoms with Gasteiger partial charge in [0.2, 0.25) is 0 Å². The molecule has 5 nitrogen and oxygen atoms in total. The first-order valence-corrected chi connectivity index (χ1v) is 4.54. The van der Waals surface area contributed by atoms with Crippen molar-refractivity contribution in [2.45, 2.75) is 32.8 Å². The number of Topliss-reactive ketones (excluding diaryl/α,β-unsaturated/α-hetero) is 1. The minimum absolute atomic E-state index is 0.212. The summed E-state index contributed by atoms with van der Waals surface area (Å²) in [5.74, 6) is -0.855. The molecule has 5 heteroatoms. The standard InChI is InChI=1S/C10H17NO4/c1-7(12)5-8(13)6-11-9(14)15-10(2,3)4/h12H,1,5-6H2,2-4H3,(H,11,14)/p-1. The first-order chi connectivity index (χ1) is 6.70. The summed E-state index contributed by atoms with van der Waals surface area (Å²) in [5, 5.41) is 12.7. The van der Waals surface area contributed by atoms with E-state index >= 15 is 0 Å². The van der Waals surface area contributed by atoms with Crippen LogP contribution < -0.4 is 10.4 Å². The summed E-state index contributed by atoms with van der Waals surface area (Å²) in [6.07, 6.45) is -0.942. The van der Waals surface area contributed by atoms with Gasteiger partial charge >= 0.3 is 6.09 Å². The SMILES string of the molecule is C=C([O-])CC(=O)CNC(=O)OC(C)(C)C. The molecule has 0 saturated carbocycles. The molecule has 0 aliphatic carbocycles. The maximum atomic E-state index is 11.1. The second kappa shape index (κ2) is 5.38. The number of ether oxygens (including phenoxy) is 1. The topological polar surface area (TPSA) is 78.5 Å². The number of ketones is 1. The Hall–Kier alpha value is -1.52. The average Bonchev–Trinajstić information content (AvgIpc) is 1.96. The molecular weight excluding hydrogens is 198 g/mol. The Kier molecular flexibility index (Phi) is 4.84. The fourth-order valence-corrected chi connectivity index (χ4v) is 0.767. The molecule has 0 aromatic carbocycles. The minimum atomic E-state index is -0.674. The maximum absolute atomic E-state index is 11.1. The Bertz CT molecular complexity index is 265. The average molecular weight is 214 g/mol. The van der Waals surface area contributed by atoms with Gasteiger partial charge in [-0.3, -0.25) is 4.79 Å². The lowest BCUT2D eigenvalue weighted by molar-refractivity contribution is -0.304. The summed E-state index contributed by atoms with van der Waals surface area (Å²) < 4.78 is 4.89. The fourth-order valence-electron chi connectivity index (χ4n) is 0.767. The van der Waals surface area contributed by atoms with E-state index in [4.69, 9.17) is 4.74 Å². The van der Waals surface area contributed by atoms with Crippen molar-refractivity contribution in [3.8, 4) is 0 Å². The van der Waals surface area contributed by atoms with Crippen LogP contribution in [0.3, 0.4) is 0 Å². The lowest BCUT2D eigenvalue weighted by Gasteiger charge is -2.19. The number of carbonyl (C=O) groups is 2. The zero-order valence-corrected chi connectivity index (χ0v) is 9.25. The number of hydrogen-bond donors (Lipinski definition) is 1. The number of hydrogen-bond acceptors (Lipinski definition) is 4. The molecule has 0 aromatic rings. The molecule has 0 bridgehead atoms. The first kappa shape index (κ1) is 13.5.